The number of ether oxygens (including phenoxy) is 1. The van der Waals surface area contributed by atoms with E-state index in [1.807, 2.05) is 0 Å². The number of halogens is 2. The maximum atomic E-state index is 12.5. The van der Waals surface area contributed by atoms with Gasteiger partial charge in [0.1, 0.15) is 5.69 Å². The molecule has 3 rings (SSSR count). The van der Waals surface area contributed by atoms with E-state index in [9.17, 15) is 9.59 Å². The Kier molecular flexibility index (Phi) is 6.69. The summed E-state index contributed by atoms with van der Waals surface area (Å²) in [4.78, 5) is 24.7. The Morgan fingerprint density at radius 3 is 2.31 bits per heavy atom. The first-order chi connectivity index (χ1) is 14.0. The number of carbonyl (C=O) groups is 2. The molecule has 0 aliphatic rings. The zero-order chi connectivity index (χ0) is 20.8. The number of nitrogens with one attached hydrogen (secondary N) is 1. The molecule has 148 valence electrons. The molecule has 1 heterocycles. The molecule has 0 radical (unpaired) electrons. The van der Waals surface area contributed by atoms with Crippen LogP contribution in [0.4, 0.5) is 5.88 Å². The normalized spacial score (nSPS) is 10.9. The molecule has 29 heavy (non-hydrogen) atoms. The first kappa shape index (κ1) is 20.6. The van der Waals surface area contributed by atoms with E-state index >= 15 is 0 Å². The zero-order valence-corrected chi connectivity index (χ0v) is 16.8. The van der Waals surface area contributed by atoms with E-state index in [2.05, 4.69) is 10.5 Å². The highest BCUT2D eigenvalue weighted by Crippen LogP contribution is 2.30. The van der Waals surface area contributed by atoms with E-state index in [1.54, 1.807) is 61.5 Å². The monoisotopic (exact) mass is 430 g/mol. The minimum absolute atomic E-state index is 0.0300. The Balaban J connectivity index is 1.86. The molecule has 0 saturated carbocycles. The van der Waals surface area contributed by atoms with Crippen molar-refractivity contribution in [3.05, 3.63) is 75.8 Å². The lowest BCUT2D eigenvalue weighted by atomic mass is 10.1. The van der Waals surface area contributed by atoms with Crippen LogP contribution in [-0.4, -0.2) is 23.6 Å². The average Bonchev–Trinajstić information content (AvgIpc) is 3.12. The minimum Gasteiger partial charge on any atom is -0.462 e. The fourth-order valence-corrected chi connectivity index (χ4v) is 2.72. The van der Waals surface area contributed by atoms with Crippen LogP contribution in [0.1, 0.15) is 22.8 Å². The van der Waals surface area contributed by atoms with Gasteiger partial charge in [-0.15, -0.1) is 0 Å². The van der Waals surface area contributed by atoms with Gasteiger partial charge in [0.25, 0.3) is 5.91 Å². The molecule has 0 spiro atoms. The van der Waals surface area contributed by atoms with Crippen molar-refractivity contribution in [2.24, 2.45) is 0 Å². The minimum atomic E-state index is -0.657. The number of amides is 1. The predicted octanol–water partition coefficient (Wildman–Crippen LogP) is 5.48. The molecule has 2 aromatic carbocycles. The van der Waals surface area contributed by atoms with Gasteiger partial charge in [-0.25, -0.2) is 4.79 Å². The predicted molar refractivity (Wildman–Crippen MR) is 112 cm³/mol. The summed E-state index contributed by atoms with van der Waals surface area (Å²) in [7, 11) is 0. The van der Waals surface area contributed by atoms with Crippen LogP contribution >= 0.6 is 23.2 Å². The smallest absolute Gasteiger partial charge is 0.346 e. The van der Waals surface area contributed by atoms with Crippen molar-refractivity contribution in [2.75, 3.05) is 11.9 Å². The van der Waals surface area contributed by atoms with Crippen molar-refractivity contribution < 1.29 is 18.8 Å². The molecule has 3 aromatic rings. The third-order valence-corrected chi connectivity index (χ3v) is 4.33. The van der Waals surface area contributed by atoms with Gasteiger partial charge in [-0.1, -0.05) is 52.6 Å². The summed E-state index contributed by atoms with van der Waals surface area (Å²) in [6.45, 7) is 1.84. The molecule has 0 unspecified atom stereocenters. The molecular formula is C21H16Cl2N2O4. The Morgan fingerprint density at radius 2 is 1.69 bits per heavy atom. The summed E-state index contributed by atoms with van der Waals surface area (Å²) in [5, 5.41) is 7.59. The van der Waals surface area contributed by atoms with Crippen molar-refractivity contribution in [1.29, 1.82) is 0 Å². The van der Waals surface area contributed by atoms with Gasteiger partial charge < -0.3 is 9.26 Å². The Morgan fingerprint density at radius 1 is 1.07 bits per heavy atom. The van der Waals surface area contributed by atoms with Crippen LogP contribution in [-0.2, 0) is 9.53 Å². The topological polar surface area (TPSA) is 81.4 Å². The number of nitrogens with zero attached hydrogens (tertiary/aromatic N) is 1. The Hall–Kier alpha value is -3.09. The number of hydrogen-bond acceptors (Lipinski definition) is 5. The van der Waals surface area contributed by atoms with E-state index in [0.29, 0.717) is 15.6 Å². The van der Waals surface area contributed by atoms with E-state index in [1.165, 1.54) is 6.08 Å². The van der Waals surface area contributed by atoms with Gasteiger partial charge in [-0.3, -0.25) is 10.1 Å². The summed E-state index contributed by atoms with van der Waals surface area (Å²) in [5.74, 6) is -1.25. The third-order valence-electron chi connectivity index (χ3n) is 3.82. The fourth-order valence-electron chi connectivity index (χ4n) is 2.47. The zero-order valence-electron chi connectivity index (χ0n) is 15.3. The standard InChI is InChI=1S/C21H16Cl2N2O4/c1-2-28-21(27)18-19(14-6-10-16(23)11-7-14)25-29-20(18)24-17(26)12-5-13-3-8-15(22)9-4-13/h3-12H,2H2,1H3,(H,24,26)/b12-5+. The highest BCUT2D eigenvalue weighted by Gasteiger charge is 2.26. The molecule has 0 aliphatic heterocycles. The van der Waals surface area contributed by atoms with Gasteiger partial charge in [0.05, 0.1) is 6.61 Å². The number of benzene rings is 2. The van der Waals surface area contributed by atoms with Crippen molar-refractivity contribution in [1.82, 2.24) is 5.16 Å². The van der Waals surface area contributed by atoms with Crippen LogP contribution in [0.2, 0.25) is 10.0 Å². The highest BCUT2D eigenvalue weighted by atomic mass is 35.5. The second-order valence-corrected chi connectivity index (χ2v) is 6.71. The molecule has 8 heteroatoms. The number of carbonyl (C=O) groups excluding carboxylic acids is 2. The van der Waals surface area contributed by atoms with Gasteiger partial charge in [-0.2, -0.15) is 0 Å². The Bertz CT molecular complexity index is 1040. The Labute approximate surface area is 177 Å². The average molecular weight is 431 g/mol. The largest absolute Gasteiger partial charge is 0.462 e. The summed E-state index contributed by atoms with van der Waals surface area (Å²) >= 11 is 11.8. The molecular weight excluding hydrogens is 415 g/mol. The number of anilines is 1. The van der Waals surface area contributed by atoms with Gasteiger partial charge in [0.15, 0.2) is 5.56 Å². The quantitative estimate of drug-likeness (QED) is 0.413. The van der Waals surface area contributed by atoms with Gasteiger partial charge in [-0.05, 0) is 42.8 Å². The molecule has 1 amide bonds. The molecule has 0 saturated heterocycles. The lowest BCUT2D eigenvalue weighted by Gasteiger charge is -2.04. The highest BCUT2D eigenvalue weighted by molar-refractivity contribution is 6.30. The molecule has 0 bridgehead atoms. The second kappa shape index (κ2) is 9.41. The van der Waals surface area contributed by atoms with Crippen LogP contribution in [0, 0.1) is 0 Å². The van der Waals surface area contributed by atoms with Crippen LogP contribution in [0.15, 0.2) is 59.1 Å². The molecule has 6 nitrogen and oxygen atoms in total. The van der Waals surface area contributed by atoms with Gasteiger partial charge >= 0.3 is 5.97 Å². The fraction of sp³-hybridized carbons (Fsp3) is 0.0952. The molecule has 0 atom stereocenters. The third kappa shape index (κ3) is 5.25. The van der Waals surface area contributed by atoms with Gasteiger partial charge in [0.2, 0.25) is 5.88 Å². The summed E-state index contributed by atoms with van der Waals surface area (Å²) in [5.41, 5.74) is 1.66. The van der Waals surface area contributed by atoms with Gasteiger partial charge in [0, 0.05) is 21.7 Å². The maximum absolute atomic E-state index is 12.5. The number of aromatic nitrogens is 1. The number of esters is 1. The lowest BCUT2D eigenvalue weighted by molar-refractivity contribution is -0.112. The van der Waals surface area contributed by atoms with Crippen LogP contribution in [0.25, 0.3) is 17.3 Å². The van der Waals surface area contributed by atoms with E-state index in [0.717, 1.165) is 5.56 Å². The SMILES string of the molecule is CCOC(=O)c1c(-c2ccc(Cl)cc2)noc1NC(=O)/C=C/c1ccc(Cl)cc1. The van der Waals surface area contributed by atoms with E-state index < -0.39 is 11.9 Å². The molecule has 0 aliphatic carbocycles. The van der Waals surface area contributed by atoms with Crippen molar-refractivity contribution in [3.8, 4) is 11.3 Å². The van der Waals surface area contributed by atoms with Crippen molar-refractivity contribution >= 4 is 47.0 Å². The summed E-state index contributed by atoms with van der Waals surface area (Å²) in [6.07, 6.45) is 2.91. The molecule has 0 fully saturated rings. The maximum Gasteiger partial charge on any atom is 0.346 e. The lowest BCUT2D eigenvalue weighted by Crippen LogP contribution is -2.13. The van der Waals surface area contributed by atoms with Crippen molar-refractivity contribution in [2.45, 2.75) is 6.92 Å². The number of rotatable bonds is 6. The second-order valence-electron chi connectivity index (χ2n) is 5.84. The summed E-state index contributed by atoms with van der Waals surface area (Å²) in [6, 6.07) is 13.7. The van der Waals surface area contributed by atoms with E-state index in [4.69, 9.17) is 32.5 Å². The number of hydrogen-bond donors (Lipinski definition) is 1. The molecule has 1 N–H and O–H groups in total. The summed E-state index contributed by atoms with van der Waals surface area (Å²) < 4.78 is 10.3. The van der Waals surface area contributed by atoms with E-state index in [-0.39, 0.29) is 23.7 Å². The molecule has 1 aromatic heterocycles. The van der Waals surface area contributed by atoms with Crippen molar-refractivity contribution in [3.63, 3.8) is 0 Å². The van der Waals surface area contributed by atoms with Crippen LogP contribution in [0.5, 0.6) is 0 Å². The van der Waals surface area contributed by atoms with Crippen LogP contribution < -0.4 is 5.32 Å². The van der Waals surface area contributed by atoms with Crippen LogP contribution in [0.3, 0.4) is 0 Å². The first-order valence-corrected chi connectivity index (χ1v) is 9.41. The first-order valence-electron chi connectivity index (χ1n) is 8.65.